The molecule has 0 aromatic carbocycles. The molecular weight excluding hydrogens is 326 g/mol. The van der Waals surface area contributed by atoms with Gasteiger partial charge in [0.1, 0.15) is 11.9 Å². The molecule has 4 rings (SSSR count). The van der Waals surface area contributed by atoms with Crippen LogP contribution in [0.3, 0.4) is 0 Å². The lowest BCUT2D eigenvalue weighted by atomic mass is 9.95. The first kappa shape index (κ1) is 17.0. The average molecular weight is 351 g/mol. The van der Waals surface area contributed by atoms with Crippen molar-refractivity contribution >= 4 is 5.82 Å². The molecule has 2 aliphatic carbocycles. The topological polar surface area (TPSA) is 87.6 Å². The van der Waals surface area contributed by atoms with Gasteiger partial charge in [-0.1, -0.05) is 6.92 Å². The summed E-state index contributed by atoms with van der Waals surface area (Å²) in [7, 11) is 0. The summed E-state index contributed by atoms with van der Waals surface area (Å²) in [5, 5.41) is 21.2. The van der Waals surface area contributed by atoms with Gasteiger partial charge >= 0.3 is 0 Å². The minimum absolute atomic E-state index is 0.356. The van der Waals surface area contributed by atoms with E-state index in [4.69, 9.17) is 9.40 Å². The molecule has 26 heavy (non-hydrogen) atoms. The van der Waals surface area contributed by atoms with Gasteiger partial charge < -0.3 is 9.73 Å². The van der Waals surface area contributed by atoms with Crippen LogP contribution < -0.4 is 5.32 Å². The van der Waals surface area contributed by atoms with E-state index in [0.717, 1.165) is 56.7 Å². The molecule has 1 N–H and O–H groups in total. The number of aryl methyl sites for hydroxylation is 3. The van der Waals surface area contributed by atoms with Gasteiger partial charge in [0.2, 0.25) is 11.8 Å². The highest BCUT2D eigenvalue weighted by molar-refractivity contribution is 5.55. The molecule has 6 nitrogen and oxygen atoms in total. The first-order chi connectivity index (χ1) is 12.7. The van der Waals surface area contributed by atoms with E-state index in [9.17, 15) is 5.26 Å². The molecule has 1 saturated carbocycles. The number of pyridine rings is 1. The van der Waals surface area contributed by atoms with Gasteiger partial charge in [0.15, 0.2) is 0 Å². The van der Waals surface area contributed by atoms with Crippen molar-refractivity contribution in [3.8, 4) is 6.07 Å². The van der Waals surface area contributed by atoms with Crippen molar-refractivity contribution in [1.82, 2.24) is 15.2 Å². The van der Waals surface area contributed by atoms with E-state index in [2.05, 4.69) is 21.6 Å². The Morgan fingerprint density at radius 2 is 2.08 bits per heavy atom. The highest BCUT2D eigenvalue weighted by Crippen LogP contribution is 2.32. The third-order valence-corrected chi connectivity index (χ3v) is 5.58. The van der Waals surface area contributed by atoms with E-state index in [1.165, 1.54) is 24.1 Å². The lowest BCUT2D eigenvalue weighted by Gasteiger charge is -2.19. The SMILES string of the molecule is CCc1nnc(C[C@@H]2CC[C@H](Nc3nc4c(cc3C#N)CCCC4)C2)o1. The summed E-state index contributed by atoms with van der Waals surface area (Å²) in [4.78, 5) is 4.80. The van der Waals surface area contributed by atoms with Crippen molar-refractivity contribution in [2.24, 2.45) is 5.92 Å². The van der Waals surface area contributed by atoms with Crippen LogP contribution in [0.5, 0.6) is 0 Å². The zero-order valence-corrected chi connectivity index (χ0v) is 15.3. The second-order valence-electron chi connectivity index (χ2n) is 7.48. The normalized spacial score (nSPS) is 22.0. The lowest BCUT2D eigenvalue weighted by Crippen LogP contribution is -2.19. The summed E-state index contributed by atoms with van der Waals surface area (Å²) in [6.45, 7) is 2.02. The zero-order chi connectivity index (χ0) is 17.9. The fourth-order valence-electron chi connectivity index (χ4n) is 4.17. The fraction of sp³-hybridized carbons (Fsp3) is 0.600. The Labute approximate surface area is 154 Å². The molecule has 1 fully saturated rings. The Balaban J connectivity index is 1.41. The molecule has 0 saturated heterocycles. The van der Waals surface area contributed by atoms with E-state index in [0.29, 0.717) is 23.4 Å². The van der Waals surface area contributed by atoms with Gasteiger partial charge in [-0.2, -0.15) is 5.26 Å². The van der Waals surface area contributed by atoms with Gasteiger partial charge in [-0.05, 0) is 62.5 Å². The largest absolute Gasteiger partial charge is 0.425 e. The average Bonchev–Trinajstić information content (AvgIpc) is 3.30. The van der Waals surface area contributed by atoms with Crippen molar-refractivity contribution in [2.75, 3.05) is 5.32 Å². The molecule has 2 aromatic heterocycles. The summed E-state index contributed by atoms with van der Waals surface area (Å²) >= 11 is 0. The monoisotopic (exact) mass is 351 g/mol. The molecule has 2 aliphatic rings. The van der Waals surface area contributed by atoms with Gasteiger partial charge in [-0.15, -0.1) is 10.2 Å². The van der Waals surface area contributed by atoms with E-state index in [-0.39, 0.29) is 0 Å². The first-order valence-corrected chi connectivity index (χ1v) is 9.75. The van der Waals surface area contributed by atoms with Crippen molar-refractivity contribution in [3.63, 3.8) is 0 Å². The van der Waals surface area contributed by atoms with Crippen LogP contribution in [0.1, 0.15) is 67.6 Å². The van der Waals surface area contributed by atoms with Crippen LogP contribution in [0.15, 0.2) is 10.5 Å². The summed E-state index contributed by atoms with van der Waals surface area (Å²) in [5.74, 6) is 2.77. The molecule has 2 atom stereocenters. The Hall–Kier alpha value is -2.42. The summed E-state index contributed by atoms with van der Waals surface area (Å²) in [5.41, 5.74) is 3.11. The van der Waals surface area contributed by atoms with Crippen LogP contribution in [0.2, 0.25) is 0 Å². The maximum atomic E-state index is 9.51. The summed E-state index contributed by atoms with van der Waals surface area (Å²) in [6.07, 6.45) is 9.36. The second-order valence-corrected chi connectivity index (χ2v) is 7.48. The van der Waals surface area contributed by atoms with Crippen molar-refractivity contribution < 1.29 is 4.42 Å². The quantitative estimate of drug-likeness (QED) is 0.885. The van der Waals surface area contributed by atoms with Crippen LogP contribution in [0.25, 0.3) is 0 Å². The Kier molecular flexibility index (Phi) is 4.87. The molecule has 136 valence electrons. The van der Waals surface area contributed by atoms with Gasteiger partial charge in [0, 0.05) is 24.6 Å². The number of anilines is 1. The standard InChI is InChI=1S/C20H25N5O/c1-2-18-24-25-19(26-18)10-13-7-8-16(9-13)22-20-15(12-21)11-14-5-3-4-6-17(14)23-20/h11,13,16H,2-10H2,1H3,(H,22,23)/t13-,16+/m1/s1. The summed E-state index contributed by atoms with van der Waals surface area (Å²) in [6, 6.07) is 4.72. The van der Waals surface area contributed by atoms with Crippen molar-refractivity contribution in [2.45, 2.75) is 70.8 Å². The zero-order valence-electron chi connectivity index (χ0n) is 15.3. The molecule has 0 spiro atoms. The van der Waals surface area contributed by atoms with Crippen molar-refractivity contribution in [3.05, 3.63) is 34.7 Å². The van der Waals surface area contributed by atoms with Gasteiger partial charge in [0.05, 0.1) is 5.56 Å². The predicted octanol–water partition coefficient (Wildman–Crippen LogP) is 3.60. The molecule has 2 heterocycles. The molecule has 0 radical (unpaired) electrons. The summed E-state index contributed by atoms with van der Waals surface area (Å²) < 4.78 is 5.65. The maximum absolute atomic E-state index is 9.51. The highest BCUT2D eigenvalue weighted by atomic mass is 16.4. The minimum Gasteiger partial charge on any atom is -0.425 e. The Morgan fingerprint density at radius 1 is 1.23 bits per heavy atom. The molecule has 0 amide bonds. The van der Waals surface area contributed by atoms with Crippen LogP contribution in [-0.2, 0) is 25.7 Å². The number of nitrogens with zero attached hydrogens (tertiary/aromatic N) is 4. The van der Waals surface area contributed by atoms with E-state index >= 15 is 0 Å². The maximum Gasteiger partial charge on any atom is 0.216 e. The number of hydrogen-bond acceptors (Lipinski definition) is 6. The van der Waals surface area contributed by atoms with Gasteiger partial charge in [0.25, 0.3) is 0 Å². The highest BCUT2D eigenvalue weighted by Gasteiger charge is 2.27. The van der Waals surface area contributed by atoms with E-state index in [1.54, 1.807) is 0 Å². The van der Waals surface area contributed by atoms with Crippen LogP contribution in [0.4, 0.5) is 5.82 Å². The Bertz CT molecular complexity index is 822. The lowest BCUT2D eigenvalue weighted by molar-refractivity contribution is 0.409. The first-order valence-electron chi connectivity index (χ1n) is 9.75. The van der Waals surface area contributed by atoms with Gasteiger partial charge in [-0.3, -0.25) is 0 Å². The molecule has 0 aliphatic heterocycles. The van der Waals surface area contributed by atoms with Crippen LogP contribution in [-0.4, -0.2) is 21.2 Å². The predicted molar refractivity (Wildman–Crippen MR) is 97.7 cm³/mol. The van der Waals surface area contributed by atoms with E-state index in [1.807, 2.05) is 13.0 Å². The number of nitrogens with one attached hydrogen (secondary N) is 1. The van der Waals surface area contributed by atoms with E-state index < -0.39 is 0 Å². The van der Waals surface area contributed by atoms with Crippen LogP contribution in [0, 0.1) is 17.2 Å². The molecular formula is C20H25N5O. The number of hydrogen-bond donors (Lipinski definition) is 1. The van der Waals surface area contributed by atoms with Crippen LogP contribution >= 0.6 is 0 Å². The Morgan fingerprint density at radius 3 is 2.88 bits per heavy atom. The van der Waals surface area contributed by atoms with Crippen molar-refractivity contribution in [1.29, 1.82) is 5.26 Å². The minimum atomic E-state index is 0.356. The smallest absolute Gasteiger partial charge is 0.216 e. The third-order valence-electron chi connectivity index (χ3n) is 5.58. The second kappa shape index (κ2) is 7.45. The molecule has 2 aromatic rings. The van der Waals surface area contributed by atoms with Gasteiger partial charge in [-0.25, -0.2) is 4.98 Å². The number of rotatable bonds is 5. The third kappa shape index (κ3) is 3.57. The number of nitriles is 1. The fourth-order valence-corrected chi connectivity index (χ4v) is 4.17. The molecule has 0 bridgehead atoms. The number of fused-ring (bicyclic) bond motifs is 1. The molecule has 0 unspecified atom stereocenters. The molecule has 6 heteroatoms. The number of aromatic nitrogens is 3.